The van der Waals surface area contributed by atoms with E-state index in [0.717, 1.165) is 19.4 Å². The molecule has 1 aliphatic rings. The highest BCUT2D eigenvalue weighted by atomic mass is 15.2. The summed E-state index contributed by atoms with van der Waals surface area (Å²) < 4.78 is 2.27. The van der Waals surface area contributed by atoms with Gasteiger partial charge in [0.1, 0.15) is 5.82 Å². The second kappa shape index (κ2) is 8.42. The number of hydrogen-bond acceptors (Lipinski definition) is 3. The molecule has 1 fully saturated rings. The van der Waals surface area contributed by atoms with Crippen molar-refractivity contribution in [3.8, 4) is 0 Å². The molecule has 114 valence electrons. The molecule has 4 nitrogen and oxygen atoms in total. The van der Waals surface area contributed by atoms with Gasteiger partial charge in [-0.25, -0.2) is 4.98 Å². The van der Waals surface area contributed by atoms with Gasteiger partial charge in [-0.05, 0) is 25.2 Å². The highest BCUT2D eigenvalue weighted by Crippen LogP contribution is 2.26. The summed E-state index contributed by atoms with van der Waals surface area (Å²) in [5.41, 5.74) is 3.07. The normalized spacial score (nSPS) is 19.5. The number of aryl methyl sites for hydroxylation is 1. The van der Waals surface area contributed by atoms with Gasteiger partial charge >= 0.3 is 0 Å². The van der Waals surface area contributed by atoms with Gasteiger partial charge < -0.3 is 4.57 Å². The maximum atomic E-state index is 5.85. The number of hydrazine groups is 1. The van der Waals surface area contributed by atoms with E-state index in [-0.39, 0.29) is 0 Å². The zero-order valence-electron chi connectivity index (χ0n) is 12.9. The van der Waals surface area contributed by atoms with E-state index in [9.17, 15) is 0 Å². The van der Waals surface area contributed by atoms with Crippen LogP contribution in [0.2, 0.25) is 0 Å². The lowest BCUT2D eigenvalue weighted by molar-refractivity contribution is 0.280. The molecule has 0 bridgehead atoms. The first-order chi connectivity index (χ1) is 9.85. The van der Waals surface area contributed by atoms with Gasteiger partial charge in [0.2, 0.25) is 0 Å². The Labute approximate surface area is 123 Å². The number of imidazole rings is 1. The molecule has 0 spiro atoms. The van der Waals surface area contributed by atoms with Crippen molar-refractivity contribution in [2.75, 3.05) is 0 Å². The minimum Gasteiger partial charge on any atom is -0.335 e. The number of nitrogens with zero attached hydrogens (tertiary/aromatic N) is 2. The zero-order valence-corrected chi connectivity index (χ0v) is 12.9. The first-order valence-electron chi connectivity index (χ1n) is 8.31. The van der Waals surface area contributed by atoms with E-state index in [0.29, 0.717) is 12.0 Å². The lowest BCUT2D eigenvalue weighted by Crippen LogP contribution is -2.43. The fourth-order valence-corrected chi connectivity index (χ4v) is 3.42. The zero-order chi connectivity index (χ0) is 14.2. The molecule has 1 saturated carbocycles. The molecular weight excluding hydrogens is 248 g/mol. The molecule has 0 radical (unpaired) electrons. The fourth-order valence-electron chi connectivity index (χ4n) is 3.42. The Hall–Kier alpha value is -0.870. The Morgan fingerprint density at radius 1 is 1.30 bits per heavy atom. The molecule has 1 aromatic rings. The molecule has 3 N–H and O–H groups in total. The number of nitrogens with two attached hydrogens (primary N) is 1. The average Bonchev–Trinajstić information content (AvgIpc) is 2.84. The van der Waals surface area contributed by atoms with E-state index in [4.69, 9.17) is 5.84 Å². The molecular formula is C16H30N4. The van der Waals surface area contributed by atoms with Crippen LogP contribution in [0.25, 0.3) is 0 Å². The summed E-state index contributed by atoms with van der Waals surface area (Å²) in [5, 5.41) is 0. The van der Waals surface area contributed by atoms with Crippen LogP contribution in [-0.4, -0.2) is 15.6 Å². The van der Waals surface area contributed by atoms with Gasteiger partial charge in [0, 0.05) is 31.4 Å². The lowest BCUT2D eigenvalue weighted by atomic mass is 9.84. The Morgan fingerprint density at radius 2 is 2.00 bits per heavy atom. The van der Waals surface area contributed by atoms with Crippen LogP contribution in [-0.2, 0) is 13.0 Å². The smallest absolute Gasteiger partial charge is 0.110 e. The summed E-state index contributed by atoms with van der Waals surface area (Å²) >= 11 is 0. The van der Waals surface area contributed by atoms with E-state index in [1.807, 2.05) is 6.20 Å². The van der Waals surface area contributed by atoms with Crippen LogP contribution in [0.5, 0.6) is 0 Å². The minimum atomic E-state index is 0.367. The SMILES string of the molecule is CCCn1ccnc1CC(NN)C1CCCCCCC1. The first kappa shape index (κ1) is 15.5. The summed E-state index contributed by atoms with van der Waals surface area (Å²) in [6.07, 6.45) is 15.6. The predicted octanol–water partition coefficient (Wildman–Crippen LogP) is 3.03. The molecule has 0 aromatic carbocycles. The molecule has 2 rings (SSSR count). The molecule has 1 heterocycles. The van der Waals surface area contributed by atoms with E-state index >= 15 is 0 Å². The van der Waals surface area contributed by atoms with Crippen LogP contribution in [0.3, 0.4) is 0 Å². The summed E-state index contributed by atoms with van der Waals surface area (Å²) in [5.74, 6) is 7.73. The lowest BCUT2D eigenvalue weighted by Gasteiger charge is -2.28. The molecule has 0 amide bonds. The standard InChI is InChI=1S/C16H30N4/c1-2-11-20-12-10-18-16(20)13-15(19-17)14-8-6-4-3-5-7-9-14/h10,12,14-15,19H,2-9,11,13,17H2,1H3. The van der Waals surface area contributed by atoms with Crippen molar-refractivity contribution in [2.45, 2.75) is 77.3 Å². The molecule has 20 heavy (non-hydrogen) atoms. The number of aromatic nitrogens is 2. The van der Waals surface area contributed by atoms with Crippen molar-refractivity contribution in [3.63, 3.8) is 0 Å². The van der Waals surface area contributed by atoms with Crippen molar-refractivity contribution in [2.24, 2.45) is 11.8 Å². The Morgan fingerprint density at radius 3 is 2.65 bits per heavy atom. The average molecular weight is 278 g/mol. The Kier molecular flexibility index (Phi) is 6.54. The van der Waals surface area contributed by atoms with Crippen LogP contribution in [0.15, 0.2) is 12.4 Å². The summed E-state index contributed by atoms with van der Waals surface area (Å²) in [6.45, 7) is 3.26. The van der Waals surface area contributed by atoms with Gasteiger partial charge in [-0.15, -0.1) is 0 Å². The van der Waals surface area contributed by atoms with Crippen molar-refractivity contribution in [3.05, 3.63) is 18.2 Å². The predicted molar refractivity (Wildman–Crippen MR) is 83.1 cm³/mol. The van der Waals surface area contributed by atoms with Crippen molar-refractivity contribution in [1.82, 2.24) is 15.0 Å². The monoisotopic (exact) mass is 278 g/mol. The molecule has 1 aliphatic carbocycles. The number of hydrogen-bond donors (Lipinski definition) is 2. The van der Waals surface area contributed by atoms with Gasteiger partial charge in [0.05, 0.1) is 0 Å². The van der Waals surface area contributed by atoms with Crippen LogP contribution in [0, 0.1) is 5.92 Å². The third-order valence-corrected chi connectivity index (χ3v) is 4.60. The van der Waals surface area contributed by atoms with E-state index < -0.39 is 0 Å². The quantitative estimate of drug-likeness (QED) is 0.621. The van der Waals surface area contributed by atoms with Crippen LogP contribution in [0.4, 0.5) is 0 Å². The highest BCUT2D eigenvalue weighted by Gasteiger charge is 2.22. The van der Waals surface area contributed by atoms with Crippen molar-refractivity contribution < 1.29 is 0 Å². The van der Waals surface area contributed by atoms with Gasteiger partial charge in [0.15, 0.2) is 0 Å². The second-order valence-corrected chi connectivity index (χ2v) is 6.12. The van der Waals surface area contributed by atoms with E-state index in [1.165, 1.54) is 50.8 Å². The van der Waals surface area contributed by atoms with Gasteiger partial charge in [0.25, 0.3) is 0 Å². The summed E-state index contributed by atoms with van der Waals surface area (Å²) in [7, 11) is 0. The van der Waals surface area contributed by atoms with Gasteiger partial charge in [-0.3, -0.25) is 11.3 Å². The minimum absolute atomic E-state index is 0.367. The fraction of sp³-hybridized carbons (Fsp3) is 0.812. The highest BCUT2D eigenvalue weighted by molar-refractivity contribution is 4.97. The van der Waals surface area contributed by atoms with E-state index in [2.05, 4.69) is 28.1 Å². The number of nitrogens with one attached hydrogen (secondary N) is 1. The largest absolute Gasteiger partial charge is 0.335 e. The molecule has 1 unspecified atom stereocenters. The molecule has 0 saturated heterocycles. The number of rotatable bonds is 6. The molecule has 1 atom stereocenters. The summed E-state index contributed by atoms with van der Waals surface area (Å²) in [6, 6.07) is 0.367. The van der Waals surface area contributed by atoms with E-state index in [1.54, 1.807) is 0 Å². The maximum Gasteiger partial charge on any atom is 0.110 e. The second-order valence-electron chi connectivity index (χ2n) is 6.12. The molecule has 4 heteroatoms. The van der Waals surface area contributed by atoms with Crippen LogP contribution < -0.4 is 11.3 Å². The Balaban J connectivity index is 1.97. The van der Waals surface area contributed by atoms with Crippen LogP contribution in [0.1, 0.15) is 64.1 Å². The topological polar surface area (TPSA) is 55.9 Å². The van der Waals surface area contributed by atoms with Crippen molar-refractivity contribution >= 4 is 0 Å². The van der Waals surface area contributed by atoms with Gasteiger partial charge in [-0.2, -0.15) is 0 Å². The summed E-state index contributed by atoms with van der Waals surface area (Å²) in [4.78, 5) is 4.53. The van der Waals surface area contributed by atoms with Gasteiger partial charge in [-0.1, -0.05) is 39.0 Å². The molecule has 0 aliphatic heterocycles. The molecule has 1 aromatic heterocycles. The maximum absolute atomic E-state index is 5.85. The third kappa shape index (κ3) is 4.32. The first-order valence-corrected chi connectivity index (χ1v) is 8.31. The van der Waals surface area contributed by atoms with Crippen LogP contribution >= 0.6 is 0 Å². The van der Waals surface area contributed by atoms with Crippen molar-refractivity contribution in [1.29, 1.82) is 0 Å². The Bertz CT molecular complexity index is 366. The third-order valence-electron chi connectivity index (χ3n) is 4.60.